The summed E-state index contributed by atoms with van der Waals surface area (Å²) in [4.78, 5) is 12.6. The first-order valence-electron chi connectivity index (χ1n) is 9.78. The molecular formula is C24H29BrN2O2. The van der Waals surface area contributed by atoms with Crippen LogP contribution in [0.3, 0.4) is 0 Å². The summed E-state index contributed by atoms with van der Waals surface area (Å²) in [6.45, 7) is 9.17. The van der Waals surface area contributed by atoms with Crippen molar-refractivity contribution in [3.8, 4) is 11.4 Å². The molecular weight excluding hydrogens is 428 g/mol. The number of hydrogen-bond donors (Lipinski definition) is 0. The zero-order valence-electron chi connectivity index (χ0n) is 17.7. The Kier molecular flexibility index (Phi) is 7.80. The molecule has 0 N–H and O–H groups in total. The van der Waals surface area contributed by atoms with Crippen LogP contribution in [0.1, 0.15) is 61.0 Å². The SMILES string of the molecule is COc1ccc(C(=O)C[n+]2ccn(-c3c(C(C)C)cccc3C(C)C)c2)cc1.[Br-]. The zero-order chi connectivity index (χ0) is 20.3. The van der Waals surface area contributed by atoms with E-state index in [0.717, 1.165) is 5.75 Å². The predicted molar refractivity (Wildman–Crippen MR) is 111 cm³/mol. The molecule has 0 saturated heterocycles. The Bertz CT molecular complexity index is 933. The Morgan fingerprint density at radius 2 is 1.59 bits per heavy atom. The molecule has 0 aliphatic carbocycles. The van der Waals surface area contributed by atoms with Gasteiger partial charge in [-0.05, 0) is 36.1 Å². The summed E-state index contributed by atoms with van der Waals surface area (Å²) in [5, 5.41) is 0. The molecule has 0 amide bonds. The zero-order valence-corrected chi connectivity index (χ0v) is 19.3. The van der Waals surface area contributed by atoms with Crippen molar-refractivity contribution in [2.24, 2.45) is 0 Å². The molecule has 1 aromatic heterocycles. The summed E-state index contributed by atoms with van der Waals surface area (Å²) in [6, 6.07) is 13.8. The van der Waals surface area contributed by atoms with Gasteiger partial charge in [0.05, 0.1) is 7.11 Å². The Morgan fingerprint density at radius 1 is 1.00 bits per heavy atom. The van der Waals surface area contributed by atoms with Crippen LogP contribution >= 0.6 is 0 Å². The number of hydrogen-bond acceptors (Lipinski definition) is 2. The first kappa shape index (κ1) is 22.9. The van der Waals surface area contributed by atoms with Gasteiger partial charge in [0.25, 0.3) is 0 Å². The molecule has 1 heterocycles. The van der Waals surface area contributed by atoms with E-state index in [1.165, 1.54) is 16.8 Å². The Balaban J connectivity index is 0.00000300. The third-order valence-electron chi connectivity index (χ3n) is 5.03. The maximum Gasteiger partial charge on any atom is 0.249 e. The first-order chi connectivity index (χ1) is 13.4. The second-order valence-electron chi connectivity index (χ2n) is 7.74. The van der Waals surface area contributed by atoms with Gasteiger partial charge in [0.2, 0.25) is 12.1 Å². The lowest BCUT2D eigenvalue weighted by atomic mass is 9.92. The normalized spacial score (nSPS) is 10.9. The second kappa shape index (κ2) is 9.88. The van der Waals surface area contributed by atoms with Crippen LogP contribution < -0.4 is 26.3 Å². The number of nitrogens with zero attached hydrogens (tertiary/aromatic N) is 2. The molecule has 29 heavy (non-hydrogen) atoms. The molecule has 0 radical (unpaired) electrons. The number of benzene rings is 2. The van der Waals surface area contributed by atoms with Crippen LogP contribution in [-0.4, -0.2) is 17.5 Å². The van der Waals surface area contributed by atoms with E-state index in [1.54, 1.807) is 7.11 Å². The molecule has 0 spiro atoms. The smallest absolute Gasteiger partial charge is 0.249 e. The van der Waals surface area contributed by atoms with E-state index in [2.05, 4.69) is 50.5 Å². The fourth-order valence-electron chi connectivity index (χ4n) is 3.46. The van der Waals surface area contributed by atoms with Crippen LogP contribution in [0.5, 0.6) is 5.75 Å². The van der Waals surface area contributed by atoms with Crippen molar-refractivity contribution in [3.05, 3.63) is 77.9 Å². The summed E-state index contributed by atoms with van der Waals surface area (Å²) in [5.41, 5.74) is 4.54. The van der Waals surface area contributed by atoms with E-state index in [9.17, 15) is 4.79 Å². The number of aromatic nitrogens is 2. The van der Waals surface area contributed by atoms with Crippen LogP contribution in [0.15, 0.2) is 61.2 Å². The van der Waals surface area contributed by atoms with Gasteiger partial charge in [0, 0.05) is 16.7 Å². The highest BCUT2D eigenvalue weighted by Gasteiger charge is 2.20. The third kappa shape index (κ3) is 5.15. The van der Waals surface area contributed by atoms with Crippen LogP contribution in [-0.2, 0) is 6.54 Å². The minimum Gasteiger partial charge on any atom is -1.00 e. The molecule has 0 atom stereocenters. The second-order valence-corrected chi connectivity index (χ2v) is 7.74. The number of para-hydroxylation sites is 1. The minimum absolute atomic E-state index is 0. The highest BCUT2D eigenvalue weighted by atomic mass is 79.9. The van der Waals surface area contributed by atoms with Crippen LogP contribution in [0.4, 0.5) is 0 Å². The monoisotopic (exact) mass is 456 g/mol. The topological polar surface area (TPSA) is 35.1 Å². The minimum atomic E-state index is 0. The molecule has 0 saturated carbocycles. The van der Waals surface area contributed by atoms with Crippen molar-refractivity contribution in [3.63, 3.8) is 0 Å². The van der Waals surface area contributed by atoms with E-state index >= 15 is 0 Å². The van der Waals surface area contributed by atoms with E-state index in [0.29, 0.717) is 23.9 Å². The Labute approximate surface area is 183 Å². The fraction of sp³-hybridized carbons (Fsp3) is 0.333. The summed E-state index contributed by atoms with van der Waals surface area (Å²) < 4.78 is 9.24. The number of ether oxygens (including phenoxy) is 1. The van der Waals surface area contributed by atoms with E-state index in [1.807, 2.05) is 47.6 Å². The first-order valence-corrected chi connectivity index (χ1v) is 9.78. The third-order valence-corrected chi connectivity index (χ3v) is 5.03. The van der Waals surface area contributed by atoms with Gasteiger partial charge in [-0.2, -0.15) is 0 Å². The van der Waals surface area contributed by atoms with Crippen LogP contribution in [0, 0.1) is 0 Å². The maximum atomic E-state index is 12.6. The van der Waals surface area contributed by atoms with Gasteiger partial charge >= 0.3 is 0 Å². The van der Waals surface area contributed by atoms with E-state index in [4.69, 9.17) is 4.74 Å². The Morgan fingerprint density at radius 3 is 2.10 bits per heavy atom. The summed E-state index contributed by atoms with van der Waals surface area (Å²) in [5.74, 6) is 1.67. The van der Waals surface area contributed by atoms with Gasteiger partial charge in [-0.3, -0.25) is 4.79 Å². The highest BCUT2D eigenvalue weighted by molar-refractivity contribution is 5.95. The summed E-state index contributed by atoms with van der Waals surface area (Å²) >= 11 is 0. The average Bonchev–Trinajstić information content (AvgIpc) is 3.15. The predicted octanol–water partition coefficient (Wildman–Crippen LogP) is 1.91. The fourth-order valence-corrected chi connectivity index (χ4v) is 3.46. The average molecular weight is 457 g/mol. The largest absolute Gasteiger partial charge is 1.00 e. The van der Waals surface area contributed by atoms with E-state index < -0.39 is 0 Å². The van der Waals surface area contributed by atoms with Gasteiger partial charge in [-0.15, -0.1) is 0 Å². The van der Waals surface area contributed by atoms with Gasteiger partial charge in [0.15, 0.2) is 6.54 Å². The molecule has 0 aliphatic rings. The highest BCUT2D eigenvalue weighted by Crippen LogP contribution is 2.30. The van der Waals surface area contributed by atoms with Crippen molar-refractivity contribution in [1.29, 1.82) is 0 Å². The summed E-state index contributed by atoms with van der Waals surface area (Å²) in [6.07, 6.45) is 6.01. The van der Waals surface area contributed by atoms with Gasteiger partial charge < -0.3 is 21.7 Å². The van der Waals surface area contributed by atoms with Crippen LogP contribution in [0.2, 0.25) is 0 Å². The molecule has 2 aromatic carbocycles. The lowest BCUT2D eigenvalue weighted by molar-refractivity contribution is -0.682. The molecule has 3 rings (SSSR count). The van der Waals surface area contributed by atoms with E-state index in [-0.39, 0.29) is 22.8 Å². The quantitative estimate of drug-likeness (QED) is 0.402. The van der Waals surface area contributed by atoms with Gasteiger partial charge in [0.1, 0.15) is 23.8 Å². The van der Waals surface area contributed by atoms with Gasteiger partial charge in [-0.25, -0.2) is 9.13 Å². The maximum absolute atomic E-state index is 12.6. The number of rotatable bonds is 7. The molecule has 0 fully saturated rings. The van der Waals surface area contributed by atoms with Gasteiger partial charge in [-0.1, -0.05) is 45.9 Å². The lowest BCUT2D eigenvalue weighted by Crippen LogP contribution is -3.00. The summed E-state index contributed by atoms with van der Waals surface area (Å²) in [7, 11) is 1.62. The number of ketones is 1. The molecule has 0 unspecified atom stereocenters. The number of imidazole rings is 1. The number of Topliss-reactive ketones (excluding diaryl/α,β-unsaturated/α-hetero) is 1. The molecule has 154 valence electrons. The molecule has 4 nitrogen and oxygen atoms in total. The number of carbonyl (C=O) groups excluding carboxylic acids is 1. The molecule has 0 aliphatic heterocycles. The lowest BCUT2D eigenvalue weighted by Gasteiger charge is -2.16. The van der Waals surface area contributed by atoms with Crippen molar-refractivity contribution in [2.45, 2.75) is 46.1 Å². The molecule has 3 aromatic rings. The number of methoxy groups -OCH3 is 1. The van der Waals surface area contributed by atoms with Crippen molar-refractivity contribution < 1.29 is 31.1 Å². The standard InChI is InChI=1S/C24H29N2O2.BrH/c1-17(2)21-7-6-8-22(18(3)4)24(21)26-14-13-25(16-26)15-23(27)19-9-11-20(28-5)12-10-19;/h6-14,16-18H,15H2,1-5H3;1H/q+1;/p-1. The van der Waals surface area contributed by atoms with Crippen molar-refractivity contribution in [2.75, 3.05) is 7.11 Å². The number of carbonyl (C=O) groups is 1. The van der Waals surface area contributed by atoms with Crippen molar-refractivity contribution >= 4 is 5.78 Å². The molecule has 0 bridgehead atoms. The number of halogens is 1. The van der Waals surface area contributed by atoms with Crippen molar-refractivity contribution in [1.82, 2.24) is 4.57 Å². The Hall–Kier alpha value is -2.40. The van der Waals surface area contributed by atoms with Crippen LogP contribution in [0.25, 0.3) is 5.69 Å². The molecule has 5 heteroatoms.